The van der Waals surface area contributed by atoms with Crippen molar-refractivity contribution in [2.75, 3.05) is 13.2 Å². The molecular weight excluding hydrogens is 222 g/mol. The average Bonchev–Trinajstić information content (AvgIpc) is 2.92. The minimum atomic E-state index is 0.216. The van der Waals surface area contributed by atoms with Gasteiger partial charge in [-0.2, -0.15) is 0 Å². The Hall–Kier alpha value is -1.38. The third kappa shape index (κ3) is 2.40. The van der Waals surface area contributed by atoms with Crippen LogP contribution in [-0.2, 0) is 11.2 Å². The van der Waals surface area contributed by atoms with Gasteiger partial charge in [0.2, 0.25) is 0 Å². The van der Waals surface area contributed by atoms with Crippen LogP contribution in [0.1, 0.15) is 12.0 Å². The zero-order chi connectivity index (χ0) is 12.4. The van der Waals surface area contributed by atoms with E-state index in [-0.39, 0.29) is 6.04 Å². The molecule has 1 fully saturated rings. The summed E-state index contributed by atoms with van der Waals surface area (Å²) < 4.78 is 5.41. The molecular formula is C16H19NO. The molecule has 0 bridgehead atoms. The van der Waals surface area contributed by atoms with Crippen molar-refractivity contribution >= 4 is 10.8 Å². The Morgan fingerprint density at radius 2 is 2.00 bits per heavy atom. The van der Waals surface area contributed by atoms with Gasteiger partial charge in [0.15, 0.2) is 0 Å². The Labute approximate surface area is 108 Å². The fourth-order valence-corrected chi connectivity index (χ4v) is 2.70. The average molecular weight is 241 g/mol. The number of rotatable bonds is 3. The molecule has 2 heteroatoms. The van der Waals surface area contributed by atoms with Gasteiger partial charge < -0.3 is 10.5 Å². The first kappa shape index (κ1) is 11.7. The largest absolute Gasteiger partial charge is 0.381 e. The maximum Gasteiger partial charge on any atom is 0.0510 e. The van der Waals surface area contributed by atoms with Gasteiger partial charge in [0.25, 0.3) is 0 Å². The van der Waals surface area contributed by atoms with Crippen LogP contribution in [0.15, 0.2) is 42.5 Å². The van der Waals surface area contributed by atoms with Crippen molar-refractivity contribution in [1.29, 1.82) is 0 Å². The standard InChI is InChI=1S/C16H19NO/c17-16(15-7-8-18-11-15)10-12-5-6-13-3-1-2-4-14(13)9-12/h1-6,9,15-16H,7-8,10-11,17H2. The molecule has 2 aromatic rings. The Morgan fingerprint density at radius 3 is 2.78 bits per heavy atom. The number of ether oxygens (including phenoxy) is 1. The van der Waals surface area contributed by atoms with Gasteiger partial charge in [-0.3, -0.25) is 0 Å². The number of benzene rings is 2. The molecule has 2 unspecified atom stereocenters. The predicted octanol–water partition coefficient (Wildman–Crippen LogP) is 2.75. The third-order valence-electron chi connectivity index (χ3n) is 3.86. The van der Waals surface area contributed by atoms with Gasteiger partial charge in [-0.25, -0.2) is 0 Å². The van der Waals surface area contributed by atoms with Gasteiger partial charge in [-0.15, -0.1) is 0 Å². The monoisotopic (exact) mass is 241 g/mol. The van der Waals surface area contributed by atoms with Gasteiger partial charge in [0.1, 0.15) is 0 Å². The van der Waals surface area contributed by atoms with Crippen LogP contribution in [0.3, 0.4) is 0 Å². The molecule has 0 aromatic heterocycles. The van der Waals surface area contributed by atoms with Crippen LogP contribution in [0.25, 0.3) is 10.8 Å². The van der Waals surface area contributed by atoms with Crippen LogP contribution < -0.4 is 5.73 Å². The molecule has 0 saturated carbocycles. The lowest BCUT2D eigenvalue weighted by atomic mass is 9.93. The summed E-state index contributed by atoms with van der Waals surface area (Å²) >= 11 is 0. The maximum atomic E-state index is 6.28. The van der Waals surface area contributed by atoms with Crippen molar-refractivity contribution in [3.05, 3.63) is 48.0 Å². The molecule has 2 N–H and O–H groups in total. The van der Waals surface area contributed by atoms with Crippen LogP contribution >= 0.6 is 0 Å². The fourth-order valence-electron chi connectivity index (χ4n) is 2.70. The molecule has 0 spiro atoms. The zero-order valence-electron chi connectivity index (χ0n) is 10.5. The Kier molecular flexibility index (Phi) is 3.31. The molecule has 18 heavy (non-hydrogen) atoms. The SMILES string of the molecule is NC(Cc1ccc2ccccc2c1)C1CCOC1. The number of nitrogens with two attached hydrogens (primary N) is 1. The smallest absolute Gasteiger partial charge is 0.0510 e. The molecule has 0 aliphatic carbocycles. The summed E-state index contributed by atoms with van der Waals surface area (Å²) in [4.78, 5) is 0. The summed E-state index contributed by atoms with van der Waals surface area (Å²) in [6, 6.07) is 15.3. The fraction of sp³-hybridized carbons (Fsp3) is 0.375. The van der Waals surface area contributed by atoms with Crippen molar-refractivity contribution in [2.24, 2.45) is 11.7 Å². The predicted molar refractivity (Wildman–Crippen MR) is 74.6 cm³/mol. The first-order valence-corrected chi connectivity index (χ1v) is 6.64. The summed E-state index contributed by atoms with van der Waals surface area (Å²) in [6.07, 6.45) is 2.05. The van der Waals surface area contributed by atoms with Crippen molar-refractivity contribution in [2.45, 2.75) is 18.9 Å². The highest BCUT2D eigenvalue weighted by atomic mass is 16.5. The van der Waals surface area contributed by atoms with Crippen LogP contribution in [0.4, 0.5) is 0 Å². The van der Waals surface area contributed by atoms with E-state index in [0.29, 0.717) is 5.92 Å². The van der Waals surface area contributed by atoms with Gasteiger partial charge in [-0.05, 0) is 35.1 Å². The Morgan fingerprint density at radius 1 is 1.17 bits per heavy atom. The molecule has 2 nitrogen and oxygen atoms in total. The van der Waals surface area contributed by atoms with E-state index in [0.717, 1.165) is 26.1 Å². The van der Waals surface area contributed by atoms with Gasteiger partial charge in [0, 0.05) is 12.6 Å². The van der Waals surface area contributed by atoms with E-state index in [1.54, 1.807) is 0 Å². The van der Waals surface area contributed by atoms with Gasteiger partial charge in [-0.1, -0.05) is 42.5 Å². The molecule has 94 valence electrons. The summed E-state index contributed by atoms with van der Waals surface area (Å²) in [5, 5.41) is 2.59. The Bertz CT molecular complexity index is 531. The molecule has 2 atom stereocenters. The van der Waals surface area contributed by atoms with E-state index in [4.69, 9.17) is 10.5 Å². The van der Waals surface area contributed by atoms with Gasteiger partial charge >= 0.3 is 0 Å². The Balaban J connectivity index is 1.77. The summed E-state index contributed by atoms with van der Waals surface area (Å²) in [5.74, 6) is 0.525. The number of fused-ring (bicyclic) bond motifs is 1. The molecule has 2 aromatic carbocycles. The second-order valence-corrected chi connectivity index (χ2v) is 5.17. The first-order chi connectivity index (χ1) is 8.83. The highest BCUT2D eigenvalue weighted by Gasteiger charge is 2.22. The van der Waals surface area contributed by atoms with E-state index in [9.17, 15) is 0 Å². The molecule has 1 aliphatic heterocycles. The van der Waals surface area contributed by atoms with Crippen LogP contribution in [0, 0.1) is 5.92 Å². The molecule has 1 saturated heterocycles. The highest BCUT2D eigenvalue weighted by Crippen LogP contribution is 2.21. The van der Waals surface area contributed by atoms with E-state index < -0.39 is 0 Å². The highest BCUT2D eigenvalue weighted by molar-refractivity contribution is 5.82. The minimum absolute atomic E-state index is 0.216. The van der Waals surface area contributed by atoms with Crippen molar-refractivity contribution in [3.8, 4) is 0 Å². The summed E-state index contributed by atoms with van der Waals surface area (Å²) in [6.45, 7) is 1.70. The van der Waals surface area contributed by atoms with E-state index in [1.807, 2.05) is 0 Å². The third-order valence-corrected chi connectivity index (χ3v) is 3.86. The van der Waals surface area contributed by atoms with Gasteiger partial charge in [0.05, 0.1) is 6.61 Å². The topological polar surface area (TPSA) is 35.2 Å². The van der Waals surface area contributed by atoms with Crippen molar-refractivity contribution < 1.29 is 4.74 Å². The van der Waals surface area contributed by atoms with E-state index in [1.165, 1.54) is 16.3 Å². The van der Waals surface area contributed by atoms with Crippen LogP contribution in [0.5, 0.6) is 0 Å². The molecule has 3 rings (SSSR count). The zero-order valence-corrected chi connectivity index (χ0v) is 10.5. The molecule has 0 radical (unpaired) electrons. The number of hydrogen-bond donors (Lipinski definition) is 1. The van der Waals surface area contributed by atoms with Crippen LogP contribution in [-0.4, -0.2) is 19.3 Å². The molecule has 1 aliphatic rings. The van der Waals surface area contributed by atoms with Crippen molar-refractivity contribution in [1.82, 2.24) is 0 Å². The van der Waals surface area contributed by atoms with Crippen LogP contribution in [0.2, 0.25) is 0 Å². The first-order valence-electron chi connectivity index (χ1n) is 6.64. The molecule has 1 heterocycles. The lowest BCUT2D eigenvalue weighted by Crippen LogP contribution is -2.32. The molecule has 0 amide bonds. The van der Waals surface area contributed by atoms with E-state index >= 15 is 0 Å². The summed E-state index contributed by atoms with van der Waals surface area (Å²) in [7, 11) is 0. The second kappa shape index (κ2) is 5.09. The lowest BCUT2D eigenvalue weighted by molar-refractivity contribution is 0.180. The summed E-state index contributed by atoms with van der Waals surface area (Å²) in [5.41, 5.74) is 7.60. The second-order valence-electron chi connectivity index (χ2n) is 5.17. The minimum Gasteiger partial charge on any atom is -0.381 e. The van der Waals surface area contributed by atoms with E-state index in [2.05, 4.69) is 42.5 Å². The van der Waals surface area contributed by atoms with Crippen molar-refractivity contribution in [3.63, 3.8) is 0 Å². The normalized spacial score (nSPS) is 21.3. The lowest BCUT2D eigenvalue weighted by Gasteiger charge is -2.17. The quantitative estimate of drug-likeness (QED) is 0.896. The number of hydrogen-bond acceptors (Lipinski definition) is 2. The maximum absolute atomic E-state index is 6.28.